The van der Waals surface area contributed by atoms with Gasteiger partial charge in [0.05, 0.1) is 18.4 Å². The van der Waals surface area contributed by atoms with E-state index in [-0.39, 0.29) is 5.82 Å². The molecule has 0 saturated carbocycles. The van der Waals surface area contributed by atoms with Crippen LogP contribution in [-0.4, -0.2) is 31.9 Å². The molecule has 0 spiro atoms. The predicted octanol–water partition coefficient (Wildman–Crippen LogP) is 3.63. The summed E-state index contributed by atoms with van der Waals surface area (Å²) in [6.07, 6.45) is 5.46. The molecule has 1 aromatic carbocycles. The van der Waals surface area contributed by atoms with Crippen LogP contribution in [-0.2, 0) is 13.1 Å². The number of nitrogens with zero attached hydrogens (tertiary/aromatic N) is 4. The second-order valence-electron chi connectivity index (χ2n) is 6.18. The first kappa shape index (κ1) is 16.3. The largest absolute Gasteiger partial charge is 0.458 e. The highest BCUT2D eigenvalue weighted by Crippen LogP contribution is 2.20. The highest BCUT2D eigenvalue weighted by molar-refractivity contribution is 5.51. The Balaban J connectivity index is 1.39. The van der Waals surface area contributed by atoms with Crippen molar-refractivity contribution in [2.45, 2.75) is 13.1 Å². The molecule has 132 valence electrons. The van der Waals surface area contributed by atoms with Crippen molar-refractivity contribution in [3.8, 4) is 17.1 Å². The van der Waals surface area contributed by atoms with Gasteiger partial charge in [-0.15, -0.1) is 0 Å². The van der Waals surface area contributed by atoms with Crippen molar-refractivity contribution < 1.29 is 8.81 Å². The number of halogens is 1. The molecule has 0 aliphatic heterocycles. The van der Waals surface area contributed by atoms with Gasteiger partial charge in [0, 0.05) is 24.5 Å². The maximum absolute atomic E-state index is 13.0. The van der Waals surface area contributed by atoms with E-state index in [1.54, 1.807) is 23.0 Å². The van der Waals surface area contributed by atoms with Crippen molar-refractivity contribution >= 4 is 0 Å². The summed E-state index contributed by atoms with van der Waals surface area (Å²) >= 11 is 0. The second kappa shape index (κ2) is 6.97. The van der Waals surface area contributed by atoms with Crippen LogP contribution in [0.4, 0.5) is 4.39 Å². The lowest BCUT2D eigenvalue weighted by Gasteiger charge is -2.13. The van der Waals surface area contributed by atoms with Gasteiger partial charge in [-0.25, -0.2) is 9.07 Å². The van der Waals surface area contributed by atoms with E-state index in [2.05, 4.69) is 20.2 Å². The molecule has 0 radical (unpaired) electrons. The van der Waals surface area contributed by atoms with E-state index >= 15 is 0 Å². The first-order chi connectivity index (χ1) is 12.7. The van der Waals surface area contributed by atoms with Gasteiger partial charge in [0.15, 0.2) is 5.76 Å². The van der Waals surface area contributed by atoms with Crippen molar-refractivity contribution in [2.75, 3.05) is 7.05 Å². The fourth-order valence-corrected chi connectivity index (χ4v) is 2.81. The van der Waals surface area contributed by atoms with Crippen LogP contribution in [0.1, 0.15) is 11.3 Å². The van der Waals surface area contributed by atoms with Crippen LogP contribution in [0, 0.1) is 5.82 Å². The van der Waals surface area contributed by atoms with E-state index in [4.69, 9.17) is 4.42 Å². The minimum Gasteiger partial charge on any atom is -0.458 e. The number of aromatic nitrogens is 4. The number of nitrogens with one attached hydrogen (secondary N) is 1. The van der Waals surface area contributed by atoms with Gasteiger partial charge in [0.1, 0.15) is 17.3 Å². The molecule has 0 amide bonds. The first-order valence-electron chi connectivity index (χ1n) is 8.24. The zero-order chi connectivity index (χ0) is 17.9. The molecule has 0 atom stereocenters. The molecule has 6 nitrogen and oxygen atoms in total. The molecular weight excluding hydrogens is 333 g/mol. The zero-order valence-corrected chi connectivity index (χ0v) is 14.3. The van der Waals surface area contributed by atoms with Crippen molar-refractivity contribution in [3.63, 3.8) is 0 Å². The summed E-state index contributed by atoms with van der Waals surface area (Å²) in [7, 11) is 2.02. The lowest BCUT2D eigenvalue weighted by molar-refractivity contribution is 0.289. The molecule has 0 saturated heterocycles. The topological polar surface area (TPSA) is 62.9 Å². The van der Waals surface area contributed by atoms with Crippen LogP contribution in [0.5, 0.6) is 0 Å². The van der Waals surface area contributed by atoms with Gasteiger partial charge in [-0.2, -0.15) is 10.2 Å². The quantitative estimate of drug-likeness (QED) is 0.576. The third-order valence-electron chi connectivity index (χ3n) is 4.03. The normalized spacial score (nSPS) is 11.3. The molecule has 0 aliphatic rings. The lowest BCUT2D eigenvalue weighted by Crippen LogP contribution is -2.16. The van der Waals surface area contributed by atoms with E-state index in [0.717, 1.165) is 35.0 Å². The van der Waals surface area contributed by atoms with Gasteiger partial charge >= 0.3 is 0 Å². The minimum atomic E-state index is -0.256. The molecular formula is C19H18FN5O. The van der Waals surface area contributed by atoms with Gasteiger partial charge in [0.25, 0.3) is 0 Å². The van der Waals surface area contributed by atoms with E-state index in [1.807, 2.05) is 37.6 Å². The lowest BCUT2D eigenvalue weighted by atomic mass is 10.3. The standard InChI is InChI=1S/C19H18FN5O/c1-24(13-17-6-7-19(26-17)18-8-9-21-23-18)11-14-10-22-25(12-14)16-4-2-15(20)3-5-16/h2-10,12H,11,13H2,1H3,(H,21,23). The van der Waals surface area contributed by atoms with Crippen molar-refractivity contribution in [1.29, 1.82) is 0 Å². The van der Waals surface area contributed by atoms with Crippen molar-refractivity contribution in [3.05, 3.63) is 78.2 Å². The van der Waals surface area contributed by atoms with Crippen LogP contribution < -0.4 is 0 Å². The SMILES string of the molecule is CN(Cc1cnn(-c2ccc(F)cc2)c1)Cc1ccc(-c2ccn[nH]2)o1. The summed E-state index contributed by atoms with van der Waals surface area (Å²) in [6.45, 7) is 1.40. The van der Waals surface area contributed by atoms with Crippen LogP contribution in [0.2, 0.25) is 0 Å². The van der Waals surface area contributed by atoms with Crippen LogP contribution in [0.15, 0.2) is 65.5 Å². The molecule has 3 heterocycles. The van der Waals surface area contributed by atoms with Crippen LogP contribution in [0.25, 0.3) is 17.1 Å². The third-order valence-corrected chi connectivity index (χ3v) is 4.03. The van der Waals surface area contributed by atoms with Gasteiger partial charge in [-0.05, 0) is 49.5 Å². The molecule has 0 aliphatic carbocycles. The Morgan fingerprint density at radius 2 is 1.96 bits per heavy atom. The van der Waals surface area contributed by atoms with E-state index in [1.165, 1.54) is 12.1 Å². The molecule has 4 rings (SSSR count). The highest BCUT2D eigenvalue weighted by Gasteiger charge is 2.10. The number of hydrogen-bond acceptors (Lipinski definition) is 4. The summed E-state index contributed by atoms with van der Waals surface area (Å²) in [6, 6.07) is 12.0. The summed E-state index contributed by atoms with van der Waals surface area (Å²) in [4.78, 5) is 2.14. The average molecular weight is 351 g/mol. The van der Waals surface area contributed by atoms with Gasteiger partial charge < -0.3 is 4.42 Å². The van der Waals surface area contributed by atoms with E-state index in [0.29, 0.717) is 6.54 Å². The Labute approximate surface area is 149 Å². The second-order valence-corrected chi connectivity index (χ2v) is 6.18. The summed E-state index contributed by atoms with van der Waals surface area (Å²) in [5.74, 6) is 1.40. The highest BCUT2D eigenvalue weighted by atomic mass is 19.1. The van der Waals surface area contributed by atoms with Crippen LogP contribution in [0.3, 0.4) is 0 Å². The van der Waals surface area contributed by atoms with Crippen molar-refractivity contribution in [2.24, 2.45) is 0 Å². The maximum atomic E-state index is 13.0. The Kier molecular flexibility index (Phi) is 4.37. The first-order valence-corrected chi connectivity index (χ1v) is 8.24. The zero-order valence-electron chi connectivity index (χ0n) is 14.3. The number of rotatable bonds is 6. The number of benzene rings is 1. The molecule has 4 aromatic rings. The average Bonchev–Trinajstić information content (AvgIpc) is 3.36. The molecule has 0 fully saturated rings. The molecule has 7 heteroatoms. The minimum absolute atomic E-state index is 0.256. The summed E-state index contributed by atoms with van der Waals surface area (Å²) in [5, 5.41) is 11.2. The molecule has 26 heavy (non-hydrogen) atoms. The van der Waals surface area contributed by atoms with Gasteiger partial charge in [0.2, 0.25) is 0 Å². The Morgan fingerprint density at radius 3 is 2.73 bits per heavy atom. The van der Waals surface area contributed by atoms with Gasteiger partial charge in [-0.1, -0.05) is 0 Å². The fraction of sp³-hybridized carbons (Fsp3) is 0.158. The van der Waals surface area contributed by atoms with Gasteiger partial charge in [-0.3, -0.25) is 10.00 Å². The monoisotopic (exact) mass is 351 g/mol. The maximum Gasteiger partial charge on any atom is 0.152 e. The Morgan fingerprint density at radius 1 is 1.12 bits per heavy atom. The number of aromatic amines is 1. The van der Waals surface area contributed by atoms with E-state index < -0.39 is 0 Å². The smallest absolute Gasteiger partial charge is 0.152 e. The number of hydrogen-bond donors (Lipinski definition) is 1. The Bertz CT molecular complexity index is 972. The number of furan rings is 1. The summed E-state index contributed by atoms with van der Waals surface area (Å²) in [5.41, 5.74) is 2.76. The molecule has 0 unspecified atom stereocenters. The Hall–Kier alpha value is -3.19. The predicted molar refractivity (Wildman–Crippen MR) is 95.0 cm³/mol. The molecule has 0 bridgehead atoms. The number of H-pyrrole nitrogens is 1. The molecule has 1 N–H and O–H groups in total. The summed E-state index contributed by atoms with van der Waals surface area (Å²) < 4.78 is 20.6. The van der Waals surface area contributed by atoms with E-state index in [9.17, 15) is 4.39 Å². The fourth-order valence-electron chi connectivity index (χ4n) is 2.81. The van der Waals surface area contributed by atoms with Crippen LogP contribution >= 0.6 is 0 Å². The van der Waals surface area contributed by atoms with Crippen molar-refractivity contribution in [1.82, 2.24) is 24.9 Å². The third kappa shape index (κ3) is 3.57. The molecule has 3 aromatic heterocycles.